The summed E-state index contributed by atoms with van der Waals surface area (Å²) >= 11 is 0. The minimum Gasteiger partial charge on any atom is -0.481 e. The van der Waals surface area contributed by atoms with E-state index in [2.05, 4.69) is 5.48 Å². The van der Waals surface area contributed by atoms with Crippen LogP contribution in [0.25, 0.3) is 0 Å². The van der Waals surface area contributed by atoms with Crippen LogP contribution < -0.4 is 5.48 Å². The quantitative estimate of drug-likeness (QED) is 0.590. The lowest BCUT2D eigenvalue weighted by molar-refractivity contribution is -0.153. The van der Waals surface area contributed by atoms with Gasteiger partial charge in [-0.25, -0.2) is 5.48 Å². The first-order valence-corrected chi connectivity index (χ1v) is 6.52. The molecule has 0 heterocycles. The van der Waals surface area contributed by atoms with E-state index >= 15 is 0 Å². The van der Waals surface area contributed by atoms with E-state index in [4.69, 9.17) is 9.94 Å². The minimum absolute atomic E-state index is 0.0939. The van der Waals surface area contributed by atoms with Crippen LogP contribution in [0.3, 0.4) is 0 Å². The van der Waals surface area contributed by atoms with Crippen LogP contribution in [0, 0.1) is 11.8 Å². The van der Waals surface area contributed by atoms with Gasteiger partial charge in [-0.1, -0.05) is 25.0 Å². The monoisotopic (exact) mass is 253 g/mol. The maximum absolute atomic E-state index is 11.9. The summed E-state index contributed by atoms with van der Waals surface area (Å²) in [6.07, 6.45) is 8.85. The van der Waals surface area contributed by atoms with Crippen molar-refractivity contribution in [3.63, 3.8) is 0 Å². The van der Waals surface area contributed by atoms with Crippen LogP contribution in [0.2, 0.25) is 0 Å². The zero-order valence-corrected chi connectivity index (χ0v) is 10.3. The minimum atomic E-state index is -0.916. The van der Waals surface area contributed by atoms with E-state index in [9.17, 15) is 9.59 Å². The molecule has 1 saturated carbocycles. The molecule has 2 aliphatic carbocycles. The number of hydroxylamine groups is 1. The summed E-state index contributed by atoms with van der Waals surface area (Å²) in [5, 5.41) is 9.08. The molecule has 0 aromatic rings. The number of carbonyl (C=O) groups excluding carboxylic acids is 1. The molecule has 2 rings (SSSR count). The Balaban J connectivity index is 1.86. The van der Waals surface area contributed by atoms with Crippen molar-refractivity contribution in [2.75, 3.05) is 0 Å². The third-order valence-electron chi connectivity index (χ3n) is 3.71. The van der Waals surface area contributed by atoms with Crippen LogP contribution >= 0.6 is 0 Å². The zero-order chi connectivity index (χ0) is 13.0. The Kier molecular flexibility index (Phi) is 4.36. The Labute approximate surface area is 106 Å². The summed E-state index contributed by atoms with van der Waals surface area (Å²) < 4.78 is 0. The highest BCUT2D eigenvalue weighted by Gasteiger charge is 2.34. The highest BCUT2D eigenvalue weighted by molar-refractivity contribution is 5.84. The van der Waals surface area contributed by atoms with Crippen LogP contribution in [-0.2, 0) is 14.4 Å². The highest BCUT2D eigenvalue weighted by Crippen LogP contribution is 2.26. The molecule has 5 nitrogen and oxygen atoms in total. The fourth-order valence-corrected chi connectivity index (χ4v) is 2.60. The second-order valence-electron chi connectivity index (χ2n) is 4.98. The second-order valence-corrected chi connectivity index (χ2v) is 4.98. The summed E-state index contributed by atoms with van der Waals surface area (Å²) in [6.45, 7) is 0. The molecule has 1 fully saturated rings. The van der Waals surface area contributed by atoms with Gasteiger partial charge in [-0.15, -0.1) is 0 Å². The van der Waals surface area contributed by atoms with E-state index in [1.54, 1.807) is 0 Å². The summed E-state index contributed by atoms with van der Waals surface area (Å²) in [7, 11) is 0. The smallest absolute Gasteiger partial charge is 0.307 e. The normalized spacial score (nSPS) is 28.2. The van der Waals surface area contributed by atoms with Gasteiger partial charge in [0.1, 0.15) is 0 Å². The first kappa shape index (κ1) is 13.1. The third kappa shape index (κ3) is 3.10. The van der Waals surface area contributed by atoms with Gasteiger partial charge in [-0.05, 0) is 25.7 Å². The molecule has 0 aliphatic heterocycles. The van der Waals surface area contributed by atoms with Gasteiger partial charge in [-0.2, -0.15) is 0 Å². The number of hydrogen-bond acceptors (Lipinski definition) is 3. The summed E-state index contributed by atoms with van der Waals surface area (Å²) in [5.41, 5.74) is 2.44. The molecular formula is C13H19NO4. The summed E-state index contributed by atoms with van der Waals surface area (Å²) in [4.78, 5) is 28.3. The van der Waals surface area contributed by atoms with Crippen LogP contribution in [0.15, 0.2) is 12.2 Å². The number of allylic oxidation sites excluding steroid dienone is 2. The SMILES string of the molecule is O=C(O)C1CC=CCC1C(=O)NOC1CCCC1. The Morgan fingerprint density at radius 2 is 1.72 bits per heavy atom. The first-order chi connectivity index (χ1) is 8.68. The molecule has 0 aromatic carbocycles. The van der Waals surface area contributed by atoms with Gasteiger partial charge in [0.2, 0.25) is 5.91 Å². The largest absolute Gasteiger partial charge is 0.481 e. The van der Waals surface area contributed by atoms with Gasteiger partial charge < -0.3 is 5.11 Å². The standard InChI is InChI=1S/C13H19NO4/c15-12(14-18-9-5-1-2-6-9)10-7-3-4-8-11(10)13(16)17/h3-4,9-11H,1-2,5-8H2,(H,14,15)(H,16,17). The maximum atomic E-state index is 11.9. The molecule has 0 saturated heterocycles. The van der Waals surface area contributed by atoms with Gasteiger partial charge in [0.05, 0.1) is 17.9 Å². The molecule has 0 radical (unpaired) electrons. The van der Waals surface area contributed by atoms with E-state index in [0.717, 1.165) is 25.7 Å². The number of carboxylic acids is 1. The lowest BCUT2D eigenvalue weighted by Gasteiger charge is -2.24. The lowest BCUT2D eigenvalue weighted by atomic mass is 9.82. The number of amides is 1. The molecule has 2 atom stereocenters. The topological polar surface area (TPSA) is 75.6 Å². The average molecular weight is 253 g/mol. The second kappa shape index (κ2) is 6.00. The van der Waals surface area contributed by atoms with Gasteiger partial charge in [0.15, 0.2) is 0 Å². The molecule has 1 amide bonds. The first-order valence-electron chi connectivity index (χ1n) is 6.52. The zero-order valence-electron chi connectivity index (χ0n) is 10.3. The third-order valence-corrected chi connectivity index (χ3v) is 3.71. The highest BCUT2D eigenvalue weighted by atomic mass is 16.7. The van der Waals surface area contributed by atoms with Crippen LogP contribution in [0.4, 0.5) is 0 Å². The van der Waals surface area contributed by atoms with Crippen molar-refractivity contribution >= 4 is 11.9 Å². The number of nitrogens with one attached hydrogen (secondary N) is 1. The van der Waals surface area contributed by atoms with Crippen molar-refractivity contribution in [1.82, 2.24) is 5.48 Å². The molecule has 100 valence electrons. The molecule has 0 spiro atoms. The lowest BCUT2D eigenvalue weighted by Crippen LogP contribution is -2.40. The fourth-order valence-electron chi connectivity index (χ4n) is 2.60. The molecule has 2 unspecified atom stereocenters. The van der Waals surface area contributed by atoms with E-state index in [-0.39, 0.29) is 12.0 Å². The Bertz CT molecular complexity index is 347. The summed E-state index contributed by atoms with van der Waals surface area (Å²) in [5.74, 6) is -2.38. The number of aliphatic carboxylic acids is 1. The van der Waals surface area contributed by atoms with Gasteiger partial charge >= 0.3 is 5.97 Å². The van der Waals surface area contributed by atoms with Gasteiger partial charge in [0.25, 0.3) is 0 Å². The van der Waals surface area contributed by atoms with E-state index < -0.39 is 17.8 Å². The molecule has 0 bridgehead atoms. The maximum Gasteiger partial charge on any atom is 0.307 e. The Morgan fingerprint density at radius 3 is 2.33 bits per heavy atom. The molecule has 0 aromatic heterocycles. The van der Waals surface area contributed by atoms with Crippen molar-refractivity contribution in [2.24, 2.45) is 11.8 Å². The van der Waals surface area contributed by atoms with Crippen LogP contribution in [0.1, 0.15) is 38.5 Å². The number of rotatable bonds is 4. The Hall–Kier alpha value is -1.36. The summed E-state index contributed by atoms with van der Waals surface area (Å²) in [6, 6.07) is 0. The average Bonchev–Trinajstić information content (AvgIpc) is 2.89. The Morgan fingerprint density at radius 1 is 1.11 bits per heavy atom. The van der Waals surface area contributed by atoms with E-state index in [0.29, 0.717) is 12.8 Å². The van der Waals surface area contributed by atoms with Gasteiger partial charge in [0, 0.05) is 0 Å². The van der Waals surface area contributed by atoms with Crippen LogP contribution in [0.5, 0.6) is 0 Å². The molecule has 18 heavy (non-hydrogen) atoms. The van der Waals surface area contributed by atoms with E-state index in [1.165, 1.54) is 0 Å². The number of carbonyl (C=O) groups is 2. The van der Waals surface area contributed by atoms with Crippen molar-refractivity contribution < 1.29 is 19.5 Å². The predicted octanol–water partition coefficient (Wildman–Crippen LogP) is 1.64. The molecule has 2 aliphatic rings. The van der Waals surface area contributed by atoms with Crippen molar-refractivity contribution in [1.29, 1.82) is 0 Å². The predicted molar refractivity (Wildman–Crippen MR) is 64.5 cm³/mol. The molecular weight excluding hydrogens is 234 g/mol. The number of carboxylic acid groups (broad SMARTS) is 1. The molecule has 5 heteroatoms. The van der Waals surface area contributed by atoms with Crippen molar-refractivity contribution in [2.45, 2.75) is 44.6 Å². The van der Waals surface area contributed by atoms with Gasteiger partial charge in [-0.3, -0.25) is 14.4 Å². The van der Waals surface area contributed by atoms with Crippen molar-refractivity contribution in [3.05, 3.63) is 12.2 Å². The van der Waals surface area contributed by atoms with E-state index in [1.807, 2.05) is 12.2 Å². The molecule has 2 N–H and O–H groups in total. The fraction of sp³-hybridized carbons (Fsp3) is 0.692. The number of hydrogen-bond donors (Lipinski definition) is 2. The van der Waals surface area contributed by atoms with Crippen LogP contribution in [-0.4, -0.2) is 23.1 Å². The van der Waals surface area contributed by atoms with Crippen molar-refractivity contribution in [3.8, 4) is 0 Å².